The first-order valence-corrected chi connectivity index (χ1v) is 11.8. The van der Waals surface area contributed by atoms with Gasteiger partial charge in [-0.1, -0.05) is 6.08 Å². The second-order valence-electron chi connectivity index (χ2n) is 9.61. The molecule has 1 N–H and O–H groups in total. The lowest BCUT2D eigenvalue weighted by Gasteiger charge is -2.58. The zero-order valence-electron chi connectivity index (χ0n) is 19.5. The third kappa shape index (κ3) is 3.90. The maximum absolute atomic E-state index is 11.9. The molecule has 33 heavy (non-hydrogen) atoms. The molecular formula is C28H33N2O3+. The van der Waals surface area contributed by atoms with Gasteiger partial charge in [-0.05, 0) is 60.0 Å². The third-order valence-corrected chi connectivity index (χ3v) is 8.00. The lowest BCUT2D eigenvalue weighted by molar-refractivity contribution is -0.984. The van der Waals surface area contributed by atoms with Gasteiger partial charge in [-0.3, -0.25) is 4.98 Å². The number of pyridine rings is 1. The van der Waals surface area contributed by atoms with E-state index in [4.69, 9.17) is 9.47 Å². The number of quaternary nitrogens is 1. The number of aromatic nitrogens is 1. The van der Waals surface area contributed by atoms with Crippen LogP contribution in [0.2, 0.25) is 0 Å². The van der Waals surface area contributed by atoms with Crippen LogP contribution in [0.25, 0.3) is 10.9 Å². The topological polar surface area (TPSA) is 51.6 Å². The minimum Gasteiger partial charge on any atom is -0.497 e. The molecule has 3 saturated heterocycles. The third-order valence-electron chi connectivity index (χ3n) is 8.00. The summed E-state index contributed by atoms with van der Waals surface area (Å²) in [6.45, 7) is 7.14. The van der Waals surface area contributed by atoms with Crippen LogP contribution in [0.5, 0.6) is 11.5 Å². The molecule has 5 nitrogen and oxygen atoms in total. The molecule has 172 valence electrons. The zero-order valence-corrected chi connectivity index (χ0v) is 19.5. The fraction of sp³-hybridized carbons (Fsp3) is 0.393. The van der Waals surface area contributed by atoms with Crippen LogP contribution >= 0.6 is 0 Å². The van der Waals surface area contributed by atoms with E-state index in [1.54, 1.807) is 14.2 Å². The molecule has 5 atom stereocenters. The van der Waals surface area contributed by atoms with Gasteiger partial charge >= 0.3 is 0 Å². The van der Waals surface area contributed by atoms with Gasteiger partial charge < -0.3 is 19.1 Å². The zero-order chi connectivity index (χ0) is 23.0. The number of aliphatic hydroxyl groups is 1. The van der Waals surface area contributed by atoms with Crippen molar-refractivity contribution < 1.29 is 19.1 Å². The molecular weight excluding hydrogens is 412 g/mol. The first-order valence-electron chi connectivity index (χ1n) is 11.8. The van der Waals surface area contributed by atoms with Crippen molar-refractivity contribution in [2.45, 2.75) is 31.5 Å². The summed E-state index contributed by atoms with van der Waals surface area (Å²) in [6.07, 6.45) is 5.56. The van der Waals surface area contributed by atoms with Crippen molar-refractivity contribution in [3.63, 3.8) is 0 Å². The van der Waals surface area contributed by atoms with Gasteiger partial charge in [0.2, 0.25) is 0 Å². The molecule has 4 unspecified atom stereocenters. The number of benzene rings is 2. The molecule has 0 spiro atoms. The number of nitrogens with zero attached hydrogens (tertiary/aromatic N) is 2. The van der Waals surface area contributed by atoms with Crippen molar-refractivity contribution in [3.8, 4) is 11.5 Å². The van der Waals surface area contributed by atoms with Crippen molar-refractivity contribution in [3.05, 3.63) is 78.5 Å². The van der Waals surface area contributed by atoms with E-state index in [0.717, 1.165) is 58.5 Å². The summed E-state index contributed by atoms with van der Waals surface area (Å²) in [5.41, 5.74) is 3.10. The molecule has 0 radical (unpaired) electrons. The van der Waals surface area contributed by atoms with Gasteiger partial charge in [-0.15, -0.1) is 6.58 Å². The van der Waals surface area contributed by atoms with Crippen LogP contribution in [-0.4, -0.2) is 47.9 Å². The van der Waals surface area contributed by atoms with Crippen molar-refractivity contribution in [1.29, 1.82) is 0 Å². The Morgan fingerprint density at radius 2 is 1.88 bits per heavy atom. The Hall–Kier alpha value is -2.89. The molecule has 6 rings (SSSR count). The highest BCUT2D eigenvalue weighted by Crippen LogP contribution is 2.48. The van der Waals surface area contributed by atoms with Crippen LogP contribution in [-0.2, 0) is 6.54 Å². The maximum Gasteiger partial charge on any atom is 0.131 e. The molecule has 4 heterocycles. The molecule has 0 aliphatic carbocycles. The van der Waals surface area contributed by atoms with E-state index in [2.05, 4.69) is 29.8 Å². The molecule has 3 fully saturated rings. The summed E-state index contributed by atoms with van der Waals surface area (Å²) in [7, 11) is 3.37. The highest BCUT2D eigenvalue weighted by molar-refractivity contribution is 5.83. The fourth-order valence-corrected chi connectivity index (χ4v) is 6.21. The first kappa shape index (κ1) is 21.9. The average Bonchev–Trinajstić information content (AvgIpc) is 2.88. The van der Waals surface area contributed by atoms with E-state index < -0.39 is 6.10 Å². The van der Waals surface area contributed by atoms with Gasteiger partial charge in [-0.25, -0.2) is 0 Å². The van der Waals surface area contributed by atoms with Gasteiger partial charge in [0, 0.05) is 35.9 Å². The number of rotatable bonds is 7. The lowest BCUT2D eigenvalue weighted by Crippen LogP contribution is -2.67. The Balaban J connectivity index is 1.54. The molecule has 0 saturated carbocycles. The van der Waals surface area contributed by atoms with Crippen LogP contribution in [0.15, 0.2) is 67.4 Å². The van der Waals surface area contributed by atoms with Gasteiger partial charge in [0.25, 0.3) is 0 Å². The van der Waals surface area contributed by atoms with Crippen LogP contribution < -0.4 is 9.47 Å². The number of ether oxygens (including phenoxy) is 2. The maximum atomic E-state index is 11.9. The van der Waals surface area contributed by atoms with E-state index in [1.807, 2.05) is 42.6 Å². The summed E-state index contributed by atoms with van der Waals surface area (Å²) in [5.74, 6) is 2.73. The standard InChI is InChI=1S/C28H33N2O3/c1-4-20-18-30(17-19-5-7-22(32-2)8-6-19)14-12-21(20)15-27(30)28(31)24-11-13-29-26-10-9-23(33-3)16-25(24)26/h4-11,13,16,20-21,27-28,31H,1,12,14-15,17-18H2,2-3H3/q+1/t20?,21?,27?,28-,30?/m1/s1. The molecule has 0 amide bonds. The number of hydrogen-bond donors (Lipinski definition) is 1. The van der Waals surface area contributed by atoms with Crippen LogP contribution in [0.3, 0.4) is 0 Å². The van der Waals surface area contributed by atoms with E-state index in [1.165, 1.54) is 12.0 Å². The molecule has 1 aromatic heterocycles. The van der Waals surface area contributed by atoms with Gasteiger partial charge in [-0.2, -0.15) is 0 Å². The molecule has 5 heteroatoms. The van der Waals surface area contributed by atoms with Crippen molar-refractivity contribution in [1.82, 2.24) is 4.98 Å². The van der Waals surface area contributed by atoms with E-state index in [0.29, 0.717) is 11.8 Å². The number of methoxy groups -OCH3 is 2. The largest absolute Gasteiger partial charge is 0.497 e. The number of piperidine rings is 3. The Kier molecular flexibility index (Phi) is 5.85. The minimum atomic E-state index is -0.575. The Morgan fingerprint density at radius 1 is 1.12 bits per heavy atom. The molecule has 2 aromatic carbocycles. The summed E-state index contributed by atoms with van der Waals surface area (Å²) in [6, 6.07) is 16.4. The van der Waals surface area contributed by atoms with E-state index in [9.17, 15) is 5.11 Å². The van der Waals surface area contributed by atoms with Crippen molar-refractivity contribution >= 4 is 10.9 Å². The summed E-state index contributed by atoms with van der Waals surface area (Å²) >= 11 is 0. The summed E-state index contributed by atoms with van der Waals surface area (Å²) in [4.78, 5) is 4.52. The van der Waals surface area contributed by atoms with Crippen LogP contribution in [0.1, 0.15) is 30.1 Å². The van der Waals surface area contributed by atoms with E-state index in [-0.39, 0.29) is 6.04 Å². The summed E-state index contributed by atoms with van der Waals surface area (Å²) < 4.78 is 11.7. The minimum absolute atomic E-state index is 0.124. The normalized spacial score (nSPS) is 27.3. The molecule has 2 bridgehead atoms. The monoisotopic (exact) mass is 445 g/mol. The first-order chi connectivity index (χ1) is 16.1. The molecule has 3 aliphatic rings. The van der Waals surface area contributed by atoms with E-state index >= 15 is 0 Å². The average molecular weight is 446 g/mol. The van der Waals surface area contributed by atoms with Crippen LogP contribution in [0, 0.1) is 11.8 Å². The smallest absolute Gasteiger partial charge is 0.131 e. The number of fused-ring (bicyclic) bond motifs is 4. The Labute approximate surface area is 195 Å². The predicted molar refractivity (Wildman–Crippen MR) is 130 cm³/mol. The molecule has 3 aliphatic heterocycles. The van der Waals surface area contributed by atoms with Gasteiger partial charge in [0.05, 0.1) is 32.8 Å². The lowest BCUT2D eigenvalue weighted by atomic mass is 9.71. The van der Waals surface area contributed by atoms with Gasteiger partial charge in [0.1, 0.15) is 30.2 Å². The van der Waals surface area contributed by atoms with Crippen LogP contribution in [0.4, 0.5) is 0 Å². The summed E-state index contributed by atoms with van der Waals surface area (Å²) in [5, 5.41) is 12.9. The van der Waals surface area contributed by atoms with Crippen molar-refractivity contribution in [2.75, 3.05) is 27.3 Å². The predicted octanol–water partition coefficient (Wildman–Crippen LogP) is 4.90. The number of aliphatic hydroxyl groups excluding tert-OH is 1. The SMILES string of the molecule is C=CC1C[N+]2(Cc3ccc(OC)cc3)CCC1CC2[C@H](O)c1ccnc2ccc(OC)cc12. The molecule has 3 aromatic rings. The second kappa shape index (κ2) is 8.81. The Bertz CT molecular complexity index is 1150. The second-order valence-corrected chi connectivity index (χ2v) is 9.61. The Morgan fingerprint density at radius 3 is 2.61 bits per heavy atom. The highest BCUT2D eigenvalue weighted by Gasteiger charge is 2.54. The quantitative estimate of drug-likeness (QED) is 0.415. The number of hydrogen-bond acceptors (Lipinski definition) is 4. The fourth-order valence-electron chi connectivity index (χ4n) is 6.21. The highest BCUT2D eigenvalue weighted by atomic mass is 16.5. The van der Waals surface area contributed by atoms with Crippen molar-refractivity contribution in [2.24, 2.45) is 11.8 Å². The van der Waals surface area contributed by atoms with Gasteiger partial charge in [0.15, 0.2) is 0 Å².